The van der Waals surface area contributed by atoms with Crippen molar-refractivity contribution < 1.29 is 36.2 Å². The predicted molar refractivity (Wildman–Crippen MR) is 119 cm³/mol. The molecule has 0 bridgehead atoms. The lowest BCUT2D eigenvalue weighted by atomic mass is 9.85. The number of amides is 1. The third kappa shape index (κ3) is 7.81. The Morgan fingerprint density at radius 3 is 2.28 bits per heavy atom. The smallest absolute Gasteiger partial charge is 0.388 e. The molecule has 1 aliphatic rings. The lowest BCUT2D eigenvalue weighted by Crippen LogP contribution is -2.45. The van der Waals surface area contributed by atoms with Crippen LogP contribution in [0.15, 0.2) is 35.1 Å². The number of aryl methyl sites for hydroxylation is 1. The first kappa shape index (κ1) is 27.7. The van der Waals surface area contributed by atoms with E-state index >= 15 is 0 Å². The Bertz CT molecular complexity index is 1100. The lowest BCUT2D eigenvalue weighted by Gasteiger charge is -2.32. The highest BCUT2D eigenvalue weighted by Crippen LogP contribution is 2.31. The first-order valence-corrected chi connectivity index (χ1v) is 11.6. The SMILES string of the molecule is O=C(Cn1c(CCCC(F)(F)F)nc(-c2ccc(C(F)(F)F)cc2)cc1=O)NCC1(O)CCCCC1. The van der Waals surface area contributed by atoms with Crippen LogP contribution in [0.25, 0.3) is 11.3 Å². The third-order valence-corrected chi connectivity index (χ3v) is 6.16. The van der Waals surface area contributed by atoms with E-state index in [0.717, 1.165) is 54.2 Å². The number of carbonyl (C=O) groups excluding carboxylic acids is 1. The quantitative estimate of drug-likeness (QED) is 0.499. The van der Waals surface area contributed by atoms with Gasteiger partial charge in [0.15, 0.2) is 0 Å². The molecule has 1 aromatic carbocycles. The Morgan fingerprint density at radius 1 is 1.06 bits per heavy atom. The average molecular weight is 519 g/mol. The molecular weight excluding hydrogens is 492 g/mol. The highest BCUT2D eigenvalue weighted by atomic mass is 19.4. The van der Waals surface area contributed by atoms with Crippen molar-refractivity contribution in [2.24, 2.45) is 0 Å². The van der Waals surface area contributed by atoms with Gasteiger partial charge in [-0.05, 0) is 31.4 Å². The fourth-order valence-corrected chi connectivity index (χ4v) is 4.19. The van der Waals surface area contributed by atoms with Crippen LogP contribution in [0.1, 0.15) is 56.3 Å². The summed E-state index contributed by atoms with van der Waals surface area (Å²) in [5, 5.41) is 13.1. The predicted octanol–water partition coefficient (Wildman–Crippen LogP) is 4.63. The summed E-state index contributed by atoms with van der Waals surface area (Å²) in [5.41, 5.74) is -2.51. The first-order chi connectivity index (χ1) is 16.8. The fraction of sp³-hybridized carbons (Fsp3) is 0.542. The maximum absolute atomic E-state index is 12.9. The van der Waals surface area contributed by atoms with Gasteiger partial charge in [0, 0.05) is 31.0 Å². The van der Waals surface area contributed by atoms with Gasteiger partial charge in [0.05, 0.1) is 16.9 Å². The van der Waals surface area contributed by atoms with E-state index in [9.17, 15) is 41.0 Å². The standard InChI is InChI=1S/C24H27F6N3O3/c25-23(26,27)12-4-5-19-32-18(16-6-8-17(9-7-16)24(28,29)30)13-21(35)33(19)14-20(34)31-15-22(36)10-2-1-3-11-22/h6-9,13,36H,1-5,10-12,14-15H2,(H,31,34). The van der Waals surface area contributed by atoms with Gasteiger partial charge in [-0.1, -0.05) is 31.4 Å². The second kappa shape index (κ2) is 11.0. The number of aliphatic hydroxyl groups is 1. The monoisotopic (exact) mass is 519 g/mol. The summed E-state index contributed by atoms with van der Waals surface area (Å²) in [7, 11) is 0. The molecule has 2 N–H and O–H groups in total. The minimum Gasteiger partial charge on any atom is -0.388 e. The maximum atomic E-state index is 12.9. The van der Waals surface area contributed by atoms with Gasteiger partial charge in [-0.25, -0.2) is 4.98 Å². The van der Waals surface area contributed by atoms with Crippen LogP contribution in [-0.2, 0) is 23.9 Å². The number of hydrogen-bond donors (Lipinski definition) is 2. The van der Waals surface area contributed by atoms with Gasteiger partial charge in [0.1, 0.15) is 12.4 Å². The van der Waals surface area contributed by atoms with E-state index < -0.39 is 54.4 Å². The molecule has 6 nitrogen and oxygen atoms in total. The number of nitrogens with zero attached hydrogens (tertiary/aromatic N) is 2. The van der Waals surface area contributed by atoms with E-state index in [1.54, 1.807) is 0 Å². The Labute approximate surface area is 203 Å². The molecule has 0 atom stereocenters. The number of hydrogen-bond acceptors (Lipinski definition) is 4. The van der Waals surface area contributed by atoms with Gasteiger partial charge in [-0.15, -0.1) is 0 Å². The molecule has 0 radical (unpaired) electrons. The van der Waals surface area contributed by atoms with Crippen molar-refractivity contribution in [1.29, 1.82) is 0 Å². The van der Waals surface area contributed by atoms with E-state index in [1.807, 2.05) is 0 Å². The number of alkyl halides is 6. The molecule has 0 aliphatic heterocycles. The highest BCUT2D eigenvalue weighted by molar-refractivity contribution is 5.76. The van der Waals surface area contributed by atoms with Crippen LogP contribution >= 0.6 is 0 Å². The second-order valence-corrected chi connectivity index (χ2v) is 9.09. The molecular formula is C24H27F6N3O3. The first-order valence-electron chi connectivity index (χ1n) is 11.6. The van der Waals surface area contributed by atoms with Crippen LogP contribution in [0, 0.1) is 0 Å². The number of aromatic nitrogens is 2. The Kier molecular flexibility index (Phi) is 8.48. The maximum Gasteiger partial charge on any atom is 0.416 e. The molecule has 1 amide bonds. The van der Waals surface area contributed by atoms with Crippen molar-refractivity contribution in [2.75, 3.05) is 6.54 Å². The van der Waals surface area contributed by atoms with Crippen molar-refractivity contribution >= 4 is 5.91 Å². The van der Waals surface area contributed by atoms with E-state index in [2.05, 4.69) is 10.3 Å². The summed E-state index contributed by atoms with van der Waals surface area (Å²) in [6.07, 6.45) is -7.10. The van der Waals surface area contributed by atoms with Gasteiger partial charge in [-0.3, -0.25) is 14.2 Å². The minimum atomic E-state index is -4.56. The molecule has 3 rings (SSSR count). The van der Waals surface area contributed by atoms with Crippen molar-refractivity contribution in [3.05, 3.63) is 52.1 Å². The molecule has 0 spiro atoms. The number of halogens is 6. The Balaban J connectivity index is 1.83. The van der Waals surface area contributed by atoms with Crippen LogP contribution in [0.2, 0.25) is 0 Å². The molecule has 1 saturated carbocycles. The van der Waals surface area contributed by atoms with Crippen LogP contribution < -0.4 is 10.9 Å². The molecule has 2 aromatic rings. The number of rotatable bonds is 8. The average Bonchev–Trinajstić information content (AvgIpc) is 2.79. The van der Waals surface area contributed by atoms with Gasteiger partial charge in [0.2, 0.25) is 5.91 Å². The number of nitrogens with one attached hydrogen (secondary N) is 1. The van der Waals surface area contributed by atoms with E-state index in [1.165, 1.54) is 0 Å². The topological polar surface area (TPSA) is 84.2 Å². The molecule has 0 unspecified atom stereocenters. The molecule has 1 heterocycles. The molecule has 36 heavy (non-hydrogen) atoms. The summed E-state index contributed by atoms with van der Waals surface area (Å²) in [6.45, 7) is -0.530. The van der Waals surface area contributed by atoms with E-state index in [0.29, 0.717) is 12.8 Å². The zero-order valence-electron chi connectivity index (χ0n) is 19.4. The van der Waals surface area contributed by atoms with Crippen molar-refractivity contribution in [1.82, 2.24) is 14.9 Å². The van der Waals surface area contributed by atoms with E-state index in [4.69, 9.17) is 0 Å². The minimum absolute atomic E-state index is 0.0103. The summed E-state index contributed by atoms with van der Waals surface area (Å²) >= 11 is 0. The number of carbonyl (C=O) groups is 1. The molecule has 12 heteroatoms. The van der Waals surface area contributed by atoms with Crippen LogP contribution in [-0.4, -0.2) is 38.9 Å². The van der Waals surface area contributed by atoms with Crippen molar-refractivity contribution in [3.63, 3.8) is 0 Å². The highest BCUT2D eigenvalue weighted by Gasteiger charge is 2.31. The fourth-order valence-electron chi connectivity index (χ4n) is 4.19. The number of benzene rings is 1. The largest absolute Gasteiger partial charge is 0.416 e. The summed E-state index contributed by atoms with van der Waals surface area (Å²) in [4.78, 5) is 29.6. The van der Waals surface area contributed by atoms with Gasteiger partial charge in [0.25, 0.3) is 5.56 Å². The van der Waals surface area contributed by atoms with Gasteiger partial charge < -0.3 is 10.4 Å². The third-order valence-electron chi connectivity index (χ3n) is 6.16. The van der Waals surface area contributed by atoms with Crippen molar-refractivity contribution in [2.45, 2.75) is 75.9 Å². The molecule has 1 aliphatic carbocycles. The molecule has 198 valence electrons. The summed E-state index contributed by atoms with van der Waals surface area (Å²) < 4.78 is 77.5. The van der Waals surface area contributed by atoms with Crippen molar-refractivity contribution in [3.8, 4) is 11.3 Å². The zero-order chi connectivity index (χ0) is 26.6. The molecule has 1 aromatic heterocycles. The van der Waals surface area contributed by atoms with E-state index in [-0.39, 0.29) is 30.0 Å². The molecule has 1 fully saturated rings. The lowest BCUT2D eigenvalue weighted by molar-refractivity contribution is -0.137. The summed E-state index contributed by atoms with van der Waals surface area (Å²) in [5.74, 6) is -0.703. The second-order valence-electron chi connectivity index (χ2n) is 9.09. The zero-order valence-corrected chi connectivity index (χ0v) is 19.4. The van der Waals surface area contributed by atoms with Gasteiger partial charge in [-0.2, -0.15) is 26.3 Å². The van der Waals surface area contributed by atoms with Crippen LogP contribution in [0.4, 0.5) is 26.3 Å². The Morgan fingerprint density at radius 2 is 1.69 bits per heavy atom. The van der Waals surface area contributed by atoms with Crippen LogP contribution in [0.5, 0.6) is 0 Å². The normalized spacial score (nSPS) is 16.1. The van der Waals surface area contributed by atoms with Crippen LogP contribution in [0.3, 0.4) is 0 Å². The Hall–Kier alpha value is -2.89. The van der Waals surface area contributed by atoms with Gasteiger partial charge >= 0.3 is 12.4 Å². The summed E-state index contributed by atoms with van der Waals surface area (Å²) in [6, 6.07) is 4.89. The molecule has 0 saturated heterocycles.